The molecule has 0 aliphatic carbocycles. The van der Waals surface area contributed by atoms with Gasteiger partial charge in [-0.3, -0.25) is 4.68 Å². The molecule has 2 heterocycles. The Morgan fingerprint density at radius 3 is 2.89 bits per heavy atom. The molecule has 102 valence electrons. The minimum Gasteiger partial charge on any atom is -0.311 e. The molecular weight excluding hydrogens is 262 g/mol. The number of rotatable bonds is 5. The maximum absolute atomic E-state index is 4.41. The highest BCUT2D eigenvalue weighted by Gasteiger charge is 2.33. The summed E-state index contributed by atoms with van der Waals surface area (Å²) in [5.41, 5.74) is 1.33. The topological polar surface area (TPSA) is 29.9 Å². The normalized spacial score (nSPS) is 26.2. The molecular formula is C13H23N3S2. The van der Waals surface area contributed by atoms with Gasteiger partial charge in [-0.2, -0.15) is 28.6 Å². The summed E-state index contributed by atoms with van der Waals surface area (Å²) < 4.78 is 2.12. The first-order valence-electron chi connectivity index (χ1n) is 6.74. The third-order valence-corrected chi connectivity index (χ3v) is 6.85. The van der Waals surface area contributed by atoms with E-state index in [1.807, 2.05) is 6.20 Å². The van der Waals surface area contributed by atoms with Crippen molar-refractivity contribution in [1.29, 1.82) is 0 Å². The minimum atomic E-state index is 0.412. The maximum Gasteiger partial charge on any atom is 0.0620 e. The van der Waals surface area contributed by atoms with Crippen molar-refractivity contribution in [3.05, 3.63) is 18.0 Å². The highest BCUT2D eigenvalue weighted by atomic mass is 32.2. The summed E-state index contributed by atoms with van der Waals surface area (Å²) in [7, 11) is 2.07. The molecule has 0 aromatic carbocycles. The van der Waals surface area contributed by atoms with E-state index in [0.717, 1.165) is 11.8 Å². The van der Waals surface area contributed by atoms with Crippen molar-refractivity contribution in [1.82, 2.24) is 15.1 Å². The summed E-state index contributed by atoms with van der Waals surface area (Å²) >= 11 is 4.26. The number of aryl methyl sites for hydroxylation is 1. The van der Waals surface area contributed by atoms with Crippen LogP contribution in [0.4, 0.5) is 0 Å². The van der Waals surface area contributed by atoms with E-state index in [1.165, 1.54) is 23.6 Å². The molecule has 0 spiro atoms. The molecule has 0 bridgehead atoms. The van der Waals surface area contributed by atoms with Crippen molar-refractivity contribution in [3.8, 4) is 0 Å². The van der Waals surface area contributed by atoms with Gasteiger partial charge >= 0.3 is 0 Å². The molecule has 0 radical (unpaired) electrons. The molecule has 3 unspecified atom stereocenters. The van der Waals surface area contributed by atoms with Crippen LogP contribution in [0.25, 0.3) is 0 Å². The lowest BCUT2D eigenvalue weighted by Crippen LogP contribution is -2.38. The van der Waals surface area contributed by atoms with Crippen LogP contribution in [0, 0.1) is 0 Å². The molecule has 3 nitrogen and oxygen atoms in total. The predicted octanol–water partition coefficient (Wildman–Crippen LogP) is 2.79. The molecule has 1 aliphatic heterocycles. The van der Waals surface area contributed by atoms with Crippen molar-refractivity contribution in [2.24, 2.45) is 0 Å². The van der Waals surface area contributed by atoms with E-state index in [1.54, 1.807) is 0 Å². The lowest BCUT2D eigenvalue weighted by Gasteiger charge is -2.36. The van der Waals surface area contributed by atoms with Crippen LogP contribution in [-0.4, -0.2) is 38.8 Å². The average Bonchev–Trinajstić information content (AvgIpc) is 2.88. The van der Waals surface area contributed by atoms with E-state index >= 15 is 0 Å². The van der Waals surface area contributed by atoms with Gasteiger partial charge in [-0.05, 0) is 26.5 Å². The van der Waals surface area contributed by atoms with Gasteiger partial charge in [-0.25, -0.2) is 0 Å². The van der Waals surface area contributed by atoms with Crippen molar-refractivity contribution < 1.29 is 0 Å². The lowest BCUT2D eigenvalue weighted by molar-refractivity contribution is 0.488. The van der Waals surface area contributed by atoms with E-state index in [-0.39, 0.29) is 0 Å². The summed E-state index contributed by atoms with van der Waals surface area (Å²) in [6.07, 6.45) is 3.17. The second kappa shape index (κ2) is 6.87. The Kier molecular flexibility index (Phi) is 5.45. The van der Waals surface area contributed by atoms with Crippen LogP contribution in [0.3, 0.4) is 0 Å². The van der Waals surface area contributed by atoms with Crippen LogP contribution < -0.4 is 5.32 Å². The SMILES string of the molecule is CCC1SCCSC1C(NC)c1ccnn1CC. The van der Waals surface area contributed by atoms with E-state index in [4.69, 9.17) is 0 Å². The van der Waals surface area contributed by atoms with E-state index in [2.05, 4.69) is 65.6 Å². The highest BCUT2D eigenvalue weighted by molar-refractivity contribution is 8.07. The molecule has 0 saturated carbocycles. The first kappa shape index (κ1) is 14.3. The maximum atomic E-state index is 4.41. The Labute approximate surface area is 118 Å². The average molecular weight is 285 g/mol. The summed E-state index contributed by atoms with van der Waals surface area (Å²) in [5.74, 6) is 2.56. The van der Waals surface area contributed by atoms with Gasteiger partial charge in [0.1, 0.15) is 0 Å². The number of hydrogen-bond acceptors (Lipinski definition) is 4. The summed E-state index contributed by atoms with van der Waals surface area (Å²) in [6, 6.07) is 2.58. The summed E-state index contributed by atoms with van der Waals surface area (Å²) in [5, 5.41) is 9.33. The molecule has 5 heteroatoms. The molecule has 1 aromatic heterocycles. The fourth-order valence-electron chi connectivity index (χ4n) is 2.60. The molecule has 2 rings (SSSR count). The Bertz CT molecular complexity index is 367. The number of nitrogens with zero attached hydrogens (tertiary/aromatic N) is 2. The number of hydrogen-bond donors (Lipinski definition) is 1. The monoisotopic (exact) mass is 285 g/mol. The Morgan fingerprint density at radius 2 is 2.22 bits per heavy atom. The van der Waals surface area contributed by atoms with Gasteiger partial charge in [0, 0.05) is 34.7 Å². The first-order valence-corrected chi connectivity index (χ1v) is 8.83. The first-order chi connectivity index (χ1) is 8.81. The second-order valence-corrected chi connectivity index (χ2v) is 7.12. The van der Waals surface area contributed by atoms with Gasteiger partial charge in [0.15, 0.2) is 0 Å². The van der Waals surface area contributed by atoms with Gasteiger partial charge in [0.25, 0.3) is 0 Å². The second-order valence-electron chi connectivity index (χ2n) is 4.49. The molecule has 1 fully saturated rings. The number of thioether (sulfide) groups is 2. The van der Waals surface area contributed by atoms with E-state index in [0.29, 0.717) is 11.3 Å². The molecule has 3 atom stereocenters. The van der Waals surface area contributed by atoms with Crippen LogP contribution in [0.5, 0.6) is 0 Å². The molecule has 1 aliphatic rings. The fraction of sp³-hybridized carbons (Fsp3) is 0.769. The van der Waals surface area contributed by atoms with Crippen molar-refractivity contribution in [2.45, 2.75) is 43.4 Å². The van der Waals surface area contributed by atoms with Gasteiger partial charge in [-0.1, -0.05) is 6.92 Å². The Balaban J connectivity index is 2.21. The number of aromatic nitrogens is 2. The standard InChI is InChI=1S/C13H23N3S2/c1-4-11-13(18-9-8-17-11)12(14-3)10-6-7-15-16(10)5-2/h6-7,11-14H,4-5,8-9H2,1-3H3. The largest absolute Gasteiger partial charge is 0.311 e. The van der Waals surface area contributed by atoms with Crippen LogP contribution in [0.1, 0.15) is 32.0 Å². The number of nitrogens with one attached hydrogen (secondary N) is 1. The van der Waals surface area contributed by atoms with Crippen LogP contribution >= 0.6 is 23.5 Å². The van der Waals surface area contributed by atoms with Gasteiger partial charge in [-0.15, -0.1) is 0 Å². The van der Waals surface area contributed by atoms with Crippen LogP contribution in [0.2, 0.25) is 0 Å². The molecule has 18 heavy (non-hydrogen) atoms. The molecule has 1 N–H and O–H groups in total. The van der Waals surface area contributed by atoms with E-state index < -0.39 is 0 Å². The van der Waals surface area contributed by atoms with E-state index in [9.17, 15) is 0 Å². The fourth-order valence-corrected chi connectivity index (χ4v) is 5.87. The quantitative estimate of drug-likeness (QED) is 0.901. The van der Waals surface area contributed by atoms with Crippen molar-refractivity contribution in [3.63, 3.8) is 0 Å². The van der Waals surface area contributed by atoms with Crippen molar-refractivity contribution in [2.75, 3.05) is 18.6 Å². The predicted molar refractivity (Wildman–Crippen MR) is 82.5 cm³/mol. The Morgan fingerprint density at radius 1 is 1.44 bits per heavy atom. The zero-order valence-electron chi connectivity index (χ0n) is 11.4. The third kappa shape index (κ3) is 2.89. The molecule has 0 amide bonds. The van der Waals surface area contributed by atoms with Gasteiger partial charge in [0.05, 0.1) is 11.7 Å². The Hall–Kier alpha value is -0.130. The lowest BCUT2D eigenvalue weighted by atomic mass is 10.1. The van der Waals surface area contributed by atoms with Gasteiger partial charge < -0.3 is 5.32 Å². The highest BCUT2D eigenvalue weighted by Crippen LogP contribution is 2.40. The smallest absolute Gasteiger partial charge is 0.0620 e. The zero-order chi connectivity index (χ0) is 13.0. The molecule has 1 saturated heterocycles. The van der Waals surface area contributed by atoms with Gasteiger partial charge in [0.2, 0.25) is 0 Å². The third-order valence-electron chi connectivity index (χ3n) is 3.50. The zero-order valence-corrected chi connectivity index (χ0v) is 13.1. The van der Waals surface area contributed by atoms with Crippen molar-refractivity contribution >= 4 is 23.5 Å². The van der Waals surface area contributed by atoms with Crippen LogP contribution in [0.15, 0.2) is 12.3 Å². The summed E-state index contributed by atoms with van der Waals surface area (Å²) in [4.78, 5) is 0. The van der Waals surface area contributed by atoms with Crippen LogP contribution in [-0.2, 0) is 6.54 Å². The molecule has 1 aromatic rings. The summed E-state index contributed by atoms with van der Waals surface area (Å²) in [6.45, 7) is 5.41. The minimum absolute atomic E-state index is 0.412.